The third-order valence-corrected chi connectivity index (χ3v) is 6.68. The maximum atomic E-state index is 14.2. The van der Waals surface area contributed by atoms with Crippen molar-refractivity contribution in [3.63, 3.8) is 0 Å². The molecule has 1 fully saturated rings. The lowest BCUT2D eigenvalue weighted by Gasteiger charge is -2.32. The van der Waals surface area contributed by atoms with Gasteiger partial charge in [-0.3, -0.25) is 14.5 Å². The number of carbonyl (C=O) groups excluding carboxylic acids is 1. The van der Waals surface area contributed by atoms with E-state index in [1.807, 2.05) is 23.1 Å². The van der Waals surface area contributed by atoms with Gasteiger partial charge in [-0.2, -0.15) is 5.26 Å². The van der Waals surface area contributed by atoms with E-state index in [2.05, 4.69) is 4.98 Å². The molecule has 1 aliphatic heterocycles. The molecule has 2 heterocycles. The second-order valence-corrected chi connectivity index (χ2v) is 9.14. The Labute approximate surface area is 200 Å². The number of aromatic amines is 1. The van der Waals surface area contributed by atoms with Crippen LogP contribution in [0.3, 0.4) is 0 Å². The molecule has 0 aliphatic carbocycles. The third-order valence-electron chi connectivity index (χ3n) is 5.81. The first-order valence-electron chi connectivity index (χ1n) is 10.3. The molecule has 174 valence electrons. The van der Waals surface area contributed by atoms with Gasteiger partial charge in [-0.05, 0) is 47.9 Å². The molecule has 1 unspecified atom stereocenters. The lowest BCUT2D eigenvalue weighted by Crippen LogP contribution is -2.39. The van der Waals surface area contributed by atoms with Crippen molar-refractivity contribution in [3.05, 3.63) is 68.6 Å². The number of β-amino-alcohol motifs (C(OH)–C–C–N with tert-alkyl or cyclic N) is 1. The molecule has 2 N–H and O–H groups in total. The van der Waals surface area contributed by atoms with Crippen molar-refractivity contribution in [2.24, 2.45) is 0 Å². The van der Waals surface area contributed by atoms with Crippen molar-refractivity contribution < 1.29 is 14.3 Å². The lowest BCUT2D eigenvalue weighted by molar-refractivity contribution is -0.131. The summed E-state index contributed by atoms with van der Waals surface area (Å²) >= 11 is 1.12. The largest absolute Gasteiger partial charge is 0.392 e. The van der Waals surface area contributed by atoms with Gasteiger partial charge >= 0.3 is 4.87 Å². The Bertz CT molecular complexity index is 1250. The van der Waals surface area contributed by atoms with Gasteiger partial charge in [0.1, 0.15) is 5.82 Å². The Morgan fingerprint density at radius 2 is 2.18 bits per heavy atom. The van der Waals surface area contributed by atoms with Crippen molar-refractivity contribution >= 4 is 39.9 Å². The van der Waals surface area contributed by atoms with Gasteiger partial charge < -0.3 is 15.0 Å². The fraction of sp³-hybridized carbons (Fsp3) is 0.348. The number of nitrogens with zero attached hydrogens (tertiary/aromatic N) is 3. The van der Waals surface area contributed by atoms with Crippen LogP contribution in [0.25, 0.3) is 10.2 Å². The SMILES string of the molecule is CN(C(=O)Cc1ccc2sc(=O)[nH]c2c1)[C@H](CN1CCC(O)C1)c1cc(F)cc(C#N)c1.Cl. The zero-order valence-electron chi connectivity index (χ0n) is 18.0. The van der Waals surface area contributed by atoms with E-state index in [0.29, 0.717) is 37.1 Å². The van der Waals surface area contributed by atoms with E-state index in [-0.39, 0.29) is 35.2 Å². The number of carbonyl (C=O) groups is 1. The second-order valence-electron chi connectivity index (χ2n) is 8.13. The number of hydrogen-bond donors (Lipinski definition) is 2. The van der Waals surface area contributed by atoms with E-state index in [1.54, 1.807) is 24.1 Å². The van der Waals surface area contributed by atoms with Crippen LogP contribution in [-0.2, 0) is 11.2 Å². The summed E-state index contributed by atoms with van der Waals surface area (Å²) < 4.78 is 15.0. The molecule has 2 atom stereocenters. The van der Waals surface area contributed by atoms with Crippen molar-refractivity contribution in [1.82, 2.24) is 14.8 Å². The molecule has 33 heavy (non-hydrogen) atoms. The second kappa shape index (κ2) is 10.4. The standard InChI is InChI=1S/C23H23FN4O3S.ClH/c1-27(22(30)9-14-2-3-21-19(8-14)26-23(31)32-21)20(13-28-5-4-18(29)12-28)16-6-15(11-25)7-17(24)10-16;/h2-3,6-8,10,18,20,29H,4-5,9,12-13H2,1H3,(H,26,31);1H/t18?,20-;/m1./s1. The Hall–Kier alpha value is -2.77. The van der Waals surface area contributed by atoms with Crippen LogP contribution < -0.4 is 4.87 Å². The monoisotopic (exact) mass is 490 g/mol. The number of fused-ring (bicyclic) bond motifs is 1. The first-order chi connectivity index (χ1) is 15.3. The van der Waals surface area contributed by atoms with Crippen LogP contribution in [0.4, 0.5) is 4.39 Å². The molecule has 10 heteroatoms. The number of nitrogens with one attached hydrogen (secondary N) is 1. The predicted molar refractivity (Wildman–Crippen MR) is 127 cm³/mol. The molecule has 1 aromatic heterocycles. The summed E-state index contributed by atoms with van der Waals surface area (Å²) in [7, 11) is 1.67. The van der Waals surface area contributed by atoms with Gasteiger partial charge in [-0.25, -0.2) is 4.39 Å². The van der Waals surface area contributed by atoms with Crippen LogP contribution in [0.2, 0.25) is 0 Å². The average Bonchev–Trinajstić information content (AvgIpc) is 3.34. The highest BCUT2D eigenvalue weighted by Gasteiger charge is 2.29. The molecule has 0 saturated carbocycles. The average molecular weight is 491 g/mol. The molecular weight excluding hydrogens is 467 g/mol. The summed E-state index contributed by atoms with van der Waals surface area (Å²) in [6.45, 7) is 1.59. The maximum absolute atomic E-state index is 14.2. The summed E-state index contributed by atoms with van der Waals surface area (Å²) in [4.78, 5) is 31.0. The van der Waals surface area contributed by atoms with Crippen molar-refractivity contribution in [2.45, 2.75) is 25.0 Å². The lowest BCUT2D eigenvalue weighted by atomic mass is 10.0. The van der Waals surface area contributed by atoms with Crippen LogP contribution >= 0.6 is 23.7 Å². The highest BCUT2D eigenvalue weighted by Crippen LogP contribution is 2.26. The smallest absolute Gasteiger partial charge is 0.305 e. The molecule has 3 aromatic rings. The number of H-pyrrole nitrogens is 1. The third kappa shape index (κ3) is 5.78. The summed E-state index contributed by atoms with van der Waals surface area (Å²) in [5.41, 5.74) is 2.19. The number of amides is 1. The van der Waals surface area contributed by atoms with Gasteiger partial charge in [0.05, 0.1) is 40.4 Å². The number of halogens is 2. The fourth-order valence-electron chi connectivity index (χ4n) is 4.13. The highest BCUT2D eigenvalue weighted by atomic mass is 35.5. The minimum atomic E-state index is -0.529. The molecule has 1 saturated heterocycles. The van der Waals surface area contributed by atoms with E-state index in [9.17, 15) is 24.3 Å². The van der Waals surface area contributed by atoms with Gasteiger partial charge in [0, 0.05) is 26.7 Å². The topological polar surface area (TPSA) is 100 Å². The van der Waals surface area contributed by atoms with Crippen LogP contribution in [0.1, 0.15) is 29.2 Å². The number of thiazole rings is 1. The predicted octanol–water partition coefficient (Wildman–Crippen LogP) is 2.83. The molecule has 1 aliphatic rings. The molecule has 0 spiro atoms. The number of rotatable bonds is 6. The van der Waals surface area contributed by atoms with Gasteiger partial charge in [0.25, 0.3) is 0 Å². The van der Waals surface area contributed by atoms with E-state index in [0.717, 1.165) is 21.6 Å². The minimum absolute atomic E-state index is 0. The number of likely N-dealkylation sites (tertiary alicyclic amines) is 1. The fourth-order valence-corrected chi connectivity index (χ4v) is 4.84. The van der Waals surface area contributed by atoms with Crippen LogP contribution in [0.15, 0.2) is 41.2 Å². The zero-order valence-corrected chi connectivity index (χ0v) is 19.6. The summed E-state index contributed by atoms with van der Waals surface area (Å²) in [5.74, 6) is -0.701. The number of benzene rings is 2. The highest BCUT2D eigenvalue weighted by molar-refractivity contribution is 7.16. The van der Waals surface area contributed by atoms with E-state index < -0.39 is 18.0 Å². The van der Waals surface area contributed by atoms with Crippen molar-refractivity contribution in [1.29, 1.82) is 5.26 Å². The molecule has 4 rings (SSSR count). The van der Waals surface area contributed by atoms with Crippen molar-refractivity contribution in [2.75, 3.05) is 26.7 Å². The number of hydrogen-bond acceptors (Lipinski definition) is 6. The zero-order chi connectivity index (χ0) is 22.8. The van der Waals surface area contributed by atoms with Gasteiger partial charge in [-0.1, -0.05) is 17.4 Å². The first-order valence-corrected chi connectivity index (χ1v) is 11.1. The Morgan fingerprint density at radius 1 is 1.39 bits per heavy atom. The molecule has 7 nitrogen and oxygen atoms in total. The van der Waals surface area contributed by atoms with Crippen LogP contribution in [-0.4, -0.2) is 58.6 Å². The summed E-state index contributed by atoms with van der Waals surface area (Å²) in [5, 5.41) is 19.1. The van der Waals surface area contributed by atoms with E-state index in [1.165, 1.54) is 12.1 Å². The minimum Gasteiger partial charge on any atom is -0.392 e. The number of aliphatic hydroxyl groups excluding tert-OH is 1. The summed E-state index contributed by atoms with van der Waals surface area (Å²) in [6, 6.07) is 11.0. The molecule has 2 aromatic carbocycles. The molecule has 0 bridgehead atoms. The van der Waals surface area contributed by atoms with E-state index in [4.69, 9.17) is 0 Å². The Kier molecular flexibility index (Phi) is 7.87. The van der Waals surface area contributed by atoms with Crippen molar-refractivity contribution in [3.8, 4) is 6.07 Å². The van der Waals surface area contributed by atoms with Crippen LogP contribution in [0, 0.1) is 17.1 Å². The quantitative estimate of drug-likeness (QED) is 0.553. The number of aliphatic hydroxyl groups is 1. The van der Waals surface area contributed by atoms with Crippen LogP contribution in [0.5, 0.6) is 0 Å². The Balaban J connectivity index is 0.00000306. The molecule has 1 amide bonds. The van der Waals surface area contributed by atoms with Gasteiger partial charge in [-0.15, -0.1) is 12.4 Å². The number of nitriles is 1. The summed E-state index contributed by atoms with van der Waals surface area (Å²) in [6.07, 6.45) is 0.345. The van der Waals surface area contributed by atoms with E-state index >= 15 is 0 Å². The maximum Gasteiger partial charge on any atom is 0.305 e. The number of likely N-dealkylation sites (N-methyl/N-ethyl adjacent to an activating group) is 1. The molecular formula is C23H24ClFN4O3S. The van der Waals surface area contributed by atoms with Gasteiger partial charge in [0.15, 0.2) is 0 Å². The normalized spacial score (nSPS) is 16.8. The first kappa shape index (κ1) is 24.9. The number of aromatic nitrogens is 1. The molecule has 0 radical (unpaired) electrons. The Morgan fingerprint density at radius 3 is 2.88 bits per heavy atom. The van der Waals surface area contributed by atoms with Gasteiger partial charge in [0.2, 0.25) is 5.91 Å².